The van der Waals surface area contributed by atoms with Crippen LogP contribution in [0, 0.1) is 46.8 Å². The topological polar surface area (TPSA) is 147 Å². The predicted octanol–water partition coefficient (Wildman–Crippen LogP) is 4.39. The summed E-state index contributed by atoms with van der Waals surface area (Å²) < 4.78 is 77.8. The van der Waals surface area contributed by atoms with Gasteiger partial charge in [-0.25, -0.2) is 31.6 Å². The highest BCUT2D eigenvalue weighted by molar-refractivity contribution is 6.58. The lowest BCUT2D eigenvalue weighted by atomic mass is 9.56. The van der Waals surface area contributed by atoms with Crippen LogP contribution < -0.4 is 15.4 Å². The minimum absolute atomic E-state index is 0.0872. The third kappa shape index (κ3) is 3.78. The number of phenolic OH excluding ortho intramolecular Hbond substituents is 1. The molecule has 3 fully saturated rings. The summed E-state index contributed by atoms with van der Waals surface area (Å²) in [6.45, 7) is 0. The number of fused-ring (bicyclic) bond motifs is 4. The molecule has 0 radical (unpaired) electrons. The molecule has 6 unspecified atom stereocenters. The van der Waals surface area contributed by atoms with E-state index in [-0.39, 0.29) is 38.1 Å². The first-order valence-electron chi connectivity index (χ1n) is 13.2. The minimum Gasteiger partial charge on any atom is -0.503 e. The Morgan fingerprint density at radius 1 is 0.957 bits per heavy atom. The number of anilines is 1. The normalized spacial score (nSPS) is 30.3. The maximum absolute atomic E-state index is 15.1. The van der Waals surface area contributed by atoms with Crippen LogP contribution in [-0.4, -0.2) is 56.5 Å². The van der Waals surface area contributed by atoms with Gasteiger partial charge in [-0.2, -0.15) is 4.90 Å². The number of carbonyl (C=O) groups excluding carboxylic acids is 5. The number of aromatic hydroxyl groups is 1. The number of ether oxygens (including phenoxy) is 1. The van der Waals surface area contributed by atoms with Crippen LogP contribution >= 0.6 is 34.8 Å². The molecule has 18 heteroatoms. The lowest BCUT2D eigenvalue weighted by molar-refractivity contribution is -0.136. The number of amides is 6. The molecule has 2 aromatic rings. The summed E-state index contributed by atoms with van der Waals surface area (Å²) in [7, 11) is 1.14. The van der Waals surface area contributed by atoms with E-state index in [4.69, 9.17) is 45.3 Å². The largest absolute Gasteiger partial charge is 0.503 e. The average Bonchev–Trinajstić information content (AvgIpc) is 3.35. The highest BCUT2D eigenvalue weighted by Gasteiger charge is 2.77. The number of allylic oxidation sites excluding steroid dienone is 2. The minimum atomic E-state index is -2.82. The number of urea groups is 1. The number of alkyl halides is 2. The number of hydrogen-bond donors (Lipinski definition) is 2. The number of methoxy groups -OCH3 is 1. The molecule has 4 aliphatic rings. The second kappa shape index (κ2) is 10.3. The van der Waals surface area contributed by atoms with E-state index in [9.17, 15) is 42.3 Å². The van der Waals surface area contributed by atoms with E-state index in [1.807, 2.05) is 0 Å². The first-order chi connectivity index (χ1) is 21.4. The van der Waals surface area contributed by atoms with Gasteiger partial charge in [0.05, 0.1) is 24.0 Å². The monoisotopic (exact) mass is 707 g/mol. The Kier molecular flexibility index (Phi) is 7.15. The molecule has 2 heterocycles. The van der Waals surface area contributed by atoms with Gasteiger partial charge < -0.3 is 15.6 Å². The zero-order chi connectivity index (χ0) is 33.9. The summed E-state index contributed by atoms with van der Waals surface area (Å²) >= 11 is 20.2. The van der Waals surface area contributed by atoms with Gasteiger partial charge in [0.25, 0.3) is 11.8 Å². The maximum Gasteiger partial charge on any atom is 0.328 e. The van der Waals surface area contributed by atoms with Gasteiger partial charge in [-0.1, -0.05) is 23.3 Å². The van der Waals surface area contributed by atoms with E-state index in [1.54, 1.807) is 0 Å². The molecule has 242 valence electrons. The lowest BCUT2D eigenvalue weighted by Gasteiger charge is -2.50. The Hall–Kier alpha value is -3.95. The first kappa shape index (κ1) is 32.0. The van der Waals surface area contributed by atoms with Crippen LogP contribution in [0.1, 0.15) is 24.3 Å². The number of halogens is 8. The fourth-order valence-electron chi connectivity index (χ4n) is 7.07. The van der Waals surface area contributed by atoms with Crippen LogP contribution in [0.15, 0.2) is 23.8 Å². The zero-order valence-electron chi connectivity index (χ0n) is 22.8. The van der Waals surface area contributed by atoms with Gasteiger partial charge in [0.2, 0.25) is 17.6 Å². The number of nitrogens with zero attached hydrogens (tertiary/aromatic N) is 2. The summed E-state index contributed by atoms with van der Waals surface area (Å²) in [6, 6.07) is 0.848. The molecular weight excluding hydrogens is 692 g/mol. The van der Waals surface area contributed by atoms with Gasteiger partial charge >= 0.3 is 6.03 Å². The van der Waals surface area contributed by atoms with E-state index in [1.165, 1.54) is 6.08 Å². The van der Waals surface area contributed by atoms with Gasteiger partial charge in [-0.3, -0.25) is 19.2 Å². The average molecular weight is 709 g/mol. The van der Waals surface area contributed by atoms with Gasteiger partial charge in [-0.15, -0.1) is 23.2 Å². The second-order valence-corrected chi connectivity index (χ2v) is 12.7. The van der Waals surface area contributed by atoms with Crippen LogP contribution in [0.3, 0.4) is 0 Å². The highest BCUT2D eigenvalue weighted by atomic mass is 35.5. The molecule has 3 N–H and O–H groups in total. The SMILES string of the molecule is COc1cc(C2C3=CCC4C(=O)N(C(N)=O)C(=O)C4C3CC3(Cl)C(=O)N(c4c(F)c(F)c(F)c(F)c4F)C(=O)C23Cl)cc(Cl)c1O. The van der Waals surface area contributed by atoms with Crippen molar-refractivity contribution in [3.63, 3.8) is 0 Å². The number of likely N-dealkylation sites (tertiary alicyclic amines) is 1. The number of hydrogen-bond acceptors (Lipinski definition) is 7. The molecule has 2 aromatic carbocycles. The second-order valence-electron chi connectivity index (χ2n) is 11.1. The van der Waals surface area contributed by atoms with Gasteiger partial charge in [-0.05, 0) is 36.5 Å². The molecule has 10 nitrogen and oxygen atoms in total. The number of rotatable bonds is 3. The molecule has 2 aliphatic heterocycles. The summed E-state index contributed by atoms with van der Waals surface area (Å²) in [4.78, 5) is 61.0. The first-order valence-corrected chi connectivity index (χ1v) is 14.3. The highest BCUT2D eigenvalue weighted by Crippen LogP contribution is 2.66. The summed E-state index contributed by atoms with van der Waals surface area (Å²) in [6.07, 6.45) is 0.404. The number of benzene rings is 2. The number of nitrogens with two attached hydrogens (primary N) is 1. The number of carbonyl (C=O) groups is 5. The Balaban J connectivity index is 1.63. The van der Waals surface area contributed by atoms with Crippen LogP contribution in [-0.2, 0) is 19.2 Å². The van der Waals surface area contributed by atoms with Gasteiger partial charge in [0, 0.05) is 5.92 Å². The van der Waals surface area contributed by atoms with Crippen molar-refractivity contribution in [1.29, 1.82) is 0 Å². The van der Waals surface area contributed by atoms with E-state index >= 15 is 8.78 Å². The molecule has 6 rings (SSSR count). The van der Waals surface area contributed by atoms with E-state index < -0.39 is 110 Å². The van der Waals surface area contributed by atoms with Crippen molar-refractivity contribution in [3.8, 4) is 11.5 Å². The number of imide groups is 4. The lowest BCUT2D eigenvalue weighted by Crippen LogP contribution is -2.60. The molecule has 0 aromatic heterocycles. The van der Waals surface area contributed by atoms with Crippen molar-refractivity contribution < 1.29 is 55.8 Å². The van der Waals surface area contributed by atoms with Crippen LogP contribution in [0.2, 0.25) is 5.02 Å². The molecular formula is C28H17Cl3F5N3O7. The molecule has 1 saturated carbocycles. The molecule has 46 heavy (non-hydrogen) atoms. The summed E-state index contributed by atoms with van der Waals surface area (Å²) in [5, 5.41) is 10.00. The van der Waals surface area contributed by atoms with E-state index in [0.29, 0.717) is 0 Å². The predicted molar refractivity (Wildman–Crippen MR) is 148 cm³/mol. The smallest absolute Gasteiger partial charge is 0.328 e. The Morgan fingerprint density at radius 3 is 2.11 bits per heavy atom. The van der Waals surface area contributed by atoms with E-state index in [2.05, 4.69) is 0 Å². The van der Waals surface area contributed by atoms with Gasteiger partial charge in [0.15, 0.2) is 44.5 Å². The molecule has 2 saturated heterocycles. The standard InChI is InChI=1S/C28H17Cl3F5N3O7/c1-46-12-5-7(4-11(29)21(12)40)14-8-2-3-9-13(23(42)39(22(9)41)26(37)45)10(8)6-27(30)24(43)38(25(44)28(14,27)31)20-18(35)16(33)15(32)17(34)19(20)36/h2,4-5,9-10,13-14,40H,3,6H2,1H3,(H2,37,45). The van der Waals surface area contributed by atoms with Crippen LogP contribution in [0.4, 0.5) is 32.4 Å². The van der Waals surface area contributed by atoms with Crippen LogP contribution in [0.5, 0.6) is 11.5 Å². The molecule has 6 atom stereocenters. The van der Waals surface area contributed by atoms with Crippen LogP contribution in [0.25, 0.3) is 0 Å². The third-order valence-corrected chi connectivity index (χ3v) is 10.7. The van der Waals surface area contributed by atoms with Crippen molar-refractivity contribution in [2.75, 3.05) is 12.0 Å². The zero-order valence-corrected chi connectivity index (χ0v) is 25.1. The van der Waals surface area contributed by atoms with Crippen molar-refractivity contribution >= 4 is 70.2 Å². The molecule has 6 amide bonds. The Labute approximate surface area is 269 Å². The summed E-state index contributed by atoms with van der Waals surface area (Å²) in [5.41, 5.74) is 3.31. The third-order valence-electron chi connectivity index (χ3n) is 9.05. The van der Waals surface area contributed by atoms with Crippen molar-refractivity contribution in [3.05, 3.63) is 63.5 Å². The number of primary amides is 1. The van der Waals surface area contributed by atoms with Crippen molar-refractivity contribution in [2.45, 2.75) is 28.5 Å². The quantitative estimate of drug-likeness (QED) is 0.120. The molecule has 0 spiro atoms. The van der Waals surface area contributed by atoms with E-state index in [0.717, 1.165) is 19.2 Å². The Bertz CT molecular complexity index is 1850. The fraction of sp³-hybridized carbons (Fsp3) is 0.321. The molecule has 0 bridgehead atoms. The fourth-order valence-corrected chi connectivity index (χ4v) is 8.23. The van der Waals surface area contributed by atoms with Crippen molar-refractivity contribution in [2.24, 2.45) is 23.5 Å². The number of phenols is 1. The maximum atomic E-state index is 15.1. The van der Waals surface area contributed by atoms with Gasteiger partial charge in [0.1, 0.15) is 5.69 Å². The Morgan fingerprint density at radius 2 is 1.54 bits per heavy atom. The van der Waals surface area contributed by atoms with Crippen molar-refractivity contribution in [1.82, 2.24) is 4.90 Å². The molecule has 2 aliphatic carbocycles. The summed E-state index contributed by atoms with van der Waals surface area (Å²) in [5.74, 6) is -24.4.